The second-order valence-corrected chi connectivity index (χ2v) is 4.27. The Balaban J connectivity index is 2.30. The molecule has 0 unspecified atom stereocenters. The van der Waals surface area contributed by atoms with E-state index < -0.39 is 11.7 Å². The van der Waals surface area contributed by atoms with Crippen LogP contribution < -0.4 is 15.8 Å². The van der Waals surface area contributed by atoms with Crippen molar-refractivity contribution in [1.82, 2.24) is 4.98 Å². The molecule has 20 heavy (non-hydrogen) atoms. The smallest absolute Gasteiger partial charge is 0.275 e. The fourth-order valence-corrected chi connectivity index (χ4v) is 1.72. The van der Waals surface area contributed by atoms with Gasteiger partial charge < -0.3 is 15.8 Å². The Bertz CT molecular complexity index is 664. The van der Waals surface area contributed by atoms with Crippen molar-refractivity contribution in [2.45, 2.75) is 0 Å². The average molecular weight is 296 g/mol. The first kappa shape index (κ1) is 14.1. The van der Waals surface area contributed by atoms with Gasteiger partial charge in [0.1, 0.15) is 23.1 Å². The molecular weight excluding hydrogens is 285 g/mol. The Labute approximate surface area is 119 Å². The molecule has 104 valence electrons. The number of nitrogens with one attached hydrogen (secondary N) is 1. The summed E-state index contributed by atoms with van der Waals surface area (Å²) in [6.45, 7) is 0. The Hall–Kier alpha value is -2.34. The van der Waals surface area contributed by atoms with Crippen LogP contribution in [0.2, 0.25) is 5.02 Å². The molecule has 0 radical (unpaired) electrons. The standard InChI is InChI=1S/C13H11ClFN3O2/c1-20-7-2-4-9(15)10(6-7)17-13(19)12-8(14)3-5-11(16)18-12/h2-6H,1H3,(H2,16,18)(H,17,19). The van der Waals surface area contributed by atoms with E-state index in [0.717, 1.165) is 0 Å². The highest BCUT2D eigenvalue weighted by Gasteiger charge is 2.15. The number of rotatable bonds is 3. The first-order chi connectivity index (χ1) is 9.51. The largest absolute Gasteiger partial charge is 0.497 e. The van der Waals surface area contributed by atoms with Gasteiger partial charge in [0.2, 0.25) is 0 Å². The number of carbonyl (C=O) groups excluding carboxylic acids is 1. The monoisotopic (exact) mass is 295 g/mol. The summed E-state index contributed by atoms with van der Waals surface area (Å²) in [6, 6.07) is 6.89. The highest BCUT2D eigenvalue weighted by Crippen LogP contribution is 2.23. The lowest BCUT2D eigenvalue weighted by molar-refractivity contribution is 0.102. The topological polar surface area (TPSA) is 77.2 Å². The number of nitrogens with zero attached hydrogens (tertiary/aromatic N) is 1. The molecular formula is C13H11ClFN3O2. The minimum Gasteiger partial charge on any atom is -0.497 e. The summed E-state index contributed by atoms with van der Waals surface area (Å²) in [5, 5.41) is 2.50. The number of methoxy groups -OCH3 is 1. The summed E-state index contributed by atoms with van der Waals surface area (Å²) in [4.78, 5) is 15.8. The van der Waals surface area contributed by atoms with Gasteiger partial charge in [0.25, 0.3) is 5.91 Å². The number of nitrogen functional groups attached to an aromatic ring is 1. The third-order valence-corrected chi connectivity index (χ3v) is 2.81. The number of benzene rings is 1. The molecule has 0 saturated carbocycles. The Morgan fingerprint density at radius 3 is 2.85 bits per heavy atom. The lowest BCUT2D eigenvalue weighted by Crippen LogP contribution is -2.16. The zero-order valence-corrected chi connectivity index (χ0v) is 11.2. The zero-order chi connectivity index (χ0) is 14.7. The van der Waals surface area contributed by atoms with Gasteiger partial charge in [0.15, 0.2) is 0 Å². The lowest BCUT2D eigenvalue weighted by atomic mass is 10.2. The molecule has 1 heterocycles. The fourth-order valence-electron chi connectivity index (χ4n) is 1.53. The van der Waals surface area contributed by atoms with Crippen LogP contribution in [0.1, 0.15) is 10.5 Å². The summed E-state index contributed by atoms with van der Waals surface area (Å²) in [5.41, 5.74) is 5.38. The number of aromatic nitrogens is 1. The number of pyridine rings is 1. The molecule has 0 fully saturated rings. The summed E-state index contributed by atoms with van der Waals surface area (Å²) in [7, 11) is 1.44. The number of amides is 1. The predicted octanol–water partition coefficient (Wildman–Crippen LogP) is 2.72. The number of ether oxygens (including phenoxy) is 1. The molecule has 1 aromatic heterocycles. The van der Waals surface area contributed by atoms with Gasteiger partial charge in [0.05, 0.1) is 17.8 Å². The molecule has 2 rings (SSSR count). The normalized spacial score (nSPS) is 10.2. The number of hydrogen-bond donors (Lipinski definition) is 2. The van der Waals surface area contributed by atoms with E-state index in [1.165, 1.54) is 37.4 Å². The maximum Gasteiger partial charge on any atom is 0.275 e. The SMILES string of the molecule is COc1ccc(F)c(NC(=O)c2nc(N)ccc2Cl)c1. The van der Waals surface area contributed by atoms with Gasteiger partial charge in [-0.2, -0.15) is 0 Å². The van der Waals surface area contributed by atoms with E-state index in [1.807, 2.05) is 0 Å². The third kappa shape index (κ3) is 2.97. The highest BCUT2D eigenvalue weighted by molar-refractivity contribution is 6.34. The third-order valence-electron chi connectivity index (χ3n) is 2.50. The molecule has 0 bridgehead atoms. The van der Waals surface area contributed by atoms with Crippen molar-refractivity contribution in [3.63, 3.8) is 0 Å². The van der Waals surface area contributed by atoms with Gasteiger partial charge in [0, 0.05) is 6.07 Å². The first-order valence-corrected chi connectivity index (χ1v) is 5.96. The maximum absolute atomic E-state index is 13.6. The molecule has 3 N–H and O–H groups in total. The summed E-state index contributed by atoms with van der Waals surface area (Å²) in [6.07, 6.45) is 0. The molecule has 0 atom stereocenters. The number of nitrogens with two attached hydrogens (primary N) is 1. The molecule has 0 aliphatic carbocycles. The second-order valence-electron chi connectivity index (χ2n) is 3.87. The van der Waals surface area contributed by atoms with Gasteiger partial charge in [-0.05, 0) is 24.3 Å². The summed E-state index contributed by atoms with van der Waals surface area (Å²) >= 11 is 5.86. The Kier molecular flexibility index (Phi) is 4.05. The van der Waals surface area contributed by atoms with Crippen LogP contribution in [0.4, 0.5) is 15.9 Å². The summed E-state index contributed by atoms with van der Waals surface area (Å²) < 4.78 is 18.6. The zero-order valence-electron chi connectivity index (χ0n) is 10.5. The molecule has 0 aliphatic heterocycles. The Morgan fingerprint density at radius 1 is 1.40 bits per heavy atom. The molecule has 0 saturated heterocycles. The van der Waals surface area contributed by atoms with Crippen LogP contribution >= 0.6 is 11.6 Å². The van der Waals surface area contributed by atoms with E-state index >= 15 is 0 Å². The van der Waals surface area contributed by atoms with Crippen molar-refractivity contribution in [3.8, 4) is 5.75 Å². The number of hydrogen-bond acceptors (Lipinski definition) is 4. The predicted molar refractivity (Wildman–Crippen MR) is 74.6 cm³/mol. The van der Waals surface area contributed by atoms with Crippen LogP contribution in [0.3, 0.4) is 0 Å². The van der Waals surface area contributed by atoms with Gasteiger partial charge in [-0.1, -0.05) is 11.6 Å². The highest BCUT2D eigenvalue weighted by atomic mass is 35.5. The van der Waals surface area contributed by atoms with E-state index in [-0.39, 0.29) is 22.2 Å². The van der Waals surface area contributed by atoms with Crippen molar-refractivity contribution in [2.75, 3.05) is 18.2 Å². The number of anilines is 2. The van der Waals surface area contributed by atoms with Crippen LogP contribution in [-0.4, -0.2) is 18.0 Å². The van der Waals surface area contributed by atoms with E-state index in [4.69, 9.17) is 22.1 Å². The summed E-state index contributed by atoms with van der Waals surface area (Å²) in [5.74, 6) is -0.701. The molecule has 1 amide bonds. The van der Waals surface area contributed by atoms with Gasteiger partial charge in [-0.15, -0.1) is 0 Å². The molecule has 1 aromatic carbocycles. The van der Waals surface area contributed by atoms with Crippen molar-refractivity contribution < 1.29 is 13.9 Å². The van der Waals surface area contributed by atoms with E-state index in [1.54, 1.807) is 0 Å². The molecule has 0 spiro atoms. The van der Waals surface area contributed by atoms with Crippen molar-refractivity contribution in [1.29, 1.82) is 0 Å². The Morgan fingerprint density at radius 2 is 2.15 bits per heavy atom. The van der Waals surface area contributed by atoms with Crippen LogP contribution in [0.5, 0.6) is 5.75 Å². The lowest BCUT2D eigenvalue weighted by Gasteiger charge is -2.09. The van der Waals surface area contributed by atoms with Gasteiger partial charge in [-0.3, -0.25) is 4.79 Å². The van der Waals surface area contributed by atoms with Gasteiger partial charge in [-0.25, -0.2) is 9.37 Å². The van der Waals surface area contributed by atoms with Crippen LogP contribution in [0, 0.1) is 5.82 Å². The first-order valence-electron chi connectivity index (χ1n) is 5.58. The van der Waals surface area contributed by atoms with E-state index in [9.17, 15) is 9.18 Å². The van der Waals surface area contributed by atoms with Crippen molar-refractivity contribution in [2.24, 2.45) is 0 Å². The number of carbonyl (C=O) groups is 1. The average Bonchev–Trinajstić information content (AvgIpc) is 2.43. The fraction of sp³-hybridized carbons (Fsp3) is 0.0769. The second kappa shape index (κ2) is 5.75. The quantitative estimate of drug-likeness (QED) is 0.912. The van der Waals surface area contributed by atoms with Crippen LogP contribution in [-0.2, 0) is 0 Å². The minimum atomic E-state index is -0.658. The van der Waals surface area contributed by atoms with E-state index in [2.05, 4.69) is 10.3 Å². The van der Waals surface area contributed by atoms with Crippen LogP contribution in [0.25, 0.3) is 0 Å². The molecule has 2 aromatic rings. The molecule has 0 aliphatic rings. The molecule has 5 nitrogen and oxygen atoms in total. The molecule has 7 heteroatoms. The number of halogens is 2. The minimum absolute atomic E-state index is 0.0327. The van der Waals surface area contributed by atoms with Crippen LogP contribution in [0.15, 0.2) is 30.3 Å². The van der Waals surface area contributed by atoms with Gasteiger partial charge >= 0.3 is 0 Å². The maximum atomic E-state index is 13.6. The van der Waals surface area contributed by atoms with E-state index in [0.29, 0.717) is 5.75 Å². The van der Waals surface area contributed by atoms with Crippen molar-refractivity contribution in [3.05, 3.63) is 46.9 Å². The van der Waals surface area contributed by atoms with Crippen molar-refractivity contribution >= 4 is 29.0 Å².